The van der Waals surface area contributed by atoms with Crippen LogP contribution in [0.3, 0.4) is 0 Å². The summed E-state index contributed by atoms with van der Waals surface area (Å²) in [5.74, 6) is -1.41. The highest BCUT2D eigenvalue weighted by molar-refractivity contribution is 5.89. The van der Waals surface area contributed by atoms with Crippen LogP contribution in [-0.2, 0) is 19.1 Å². The number of hydrogen-bond acceptors (Lipinski definition) is 5. The number of likely N-dealkylation sites (tertiary alicyclic amines) is 1. The van der Waals surface area contributed by atoms with E-state index in [2.05, 4.69) is 17.4 Å². The van der Waals surface area contributed by atoms with Gasteiger partial charge in [-0.25, -0.2) is 4.79 Å². The number of piperidine rings is 1. The summed E-state index contributed by atoms with van der Waals surface area (Å²) in [5, 5.41) is 11.9. The Morgan fingerprint density at radius 1 is 1.06 bits per heavy atom. The van der Waals surface area contributed by atoms with Gasteiger partial charge in [-0.1, -0.05) is 48.5 Å². The van der Waals surface area contributed by atoms with Crippen LogP contribution in [0.25, 0.3) is 11.1 Å². The first-order chi connectivity index (χ1) is 16.5. The summed E-state index contributed by atoms with van der Waals surface area (Å²) in [4.78, 5) is 39.1. The number of carbonyl (C=O) groups is 3. The van der Waals surface area contributed by atoms with Gasteiger partial charge in [0.25, 0.3) is 0 Å². The van der Waals surface area contributed by atoms with Gasteiger partial charge >= 0.3 is 12.1 Å². The molecular weight excluding hydrogens is 436 g/mol. The Morgan fingerprint density at radius 3 is 2.41 bits per heavy atom. The van der Waals surface area contributed by atoms with Crippen LogP contribution in [0.4, 0.5) is 4.79 Å². The molecule has 2 saturated heterocycles. The van der Waals surface area contributed by atoms with Crippen molar-refractivity contribution in [3.8, 4) is 11.1 Å². The predicted molar refractivity (Wildman–Crippen MR) is 123 cm³/mol. The van der Waals surface area contributed by atoms with Gasteiger partial charge in [0.05, 0.1) is 25.7 Å². The van der Waals surface area contributed by atoms with Gasteiger partial charge in [-0.05, 0) is 35.1 Å². The van der Waals surface area contributed by atoms with E-state index < -0.39 is 30.4 Å². The topological polar surface area (TPSA) is 105 Å². The monoisotopic (exact) mass is 464 g/mol. The van der Waals surface area contributed by atoms with Gasteiger partial charge in [0.2, 0.25) is 5.91 Å². The van der Waals surface area contributed by atoms with E-state index in [0.717, 1.165) is 35.1 Å². The van der Waals surface area contributed by atoms with Crippen molar-refractivity contribution in [3.05, 3.63) is 59.7 Å². The molecule has 178 valence electrons. The molecule has 2 aliphatic heterocycles. The molecule has 8 nitrogen and oxygen atoms in total. The number of aliphatic carboxylic acids is 1. The molecule has 0 bridgehead atoms. The molecule has 34 heavy (non-hydrogen) atoms. The second-order valence-electron chi connectivity index (χ2n) is 9.16. The standard InChI is InChI=1S/C26H28N2O6/c29-24(30)12-22(25(31)28-11-5-6-16-13-33-15-23(16)28)27-26(32)34-14-21-19-9-3-1-7-17(19)18-8-2-4-10-20(18)21/h1-4,7-10,16,21-23H,5-6,11-15H2,(H,27,32)(H,29,30)/t16-,22?,23+/m1/s1. The third-order valence-corrected chi connectivity index (χ3v) is 7.13. The van der Waals surface area contributed by atoms with Crippen molar-refractivity contribution < 1.29 is 29.0 Å². The van der Waals surface area contributed by atoms with Crippen LogP contribution in [-0.4, -0.2) is 66.4 Å². The molecule has 0 saturated carbocycles. The lowest BCUT2D eigenvalue weighted by molar-refractivity contribution is -0.144. The van der Waals surface area contributed by atoms with Crippen LogP contribution in [0, 0.1) is 5.92 Å². The van der Waals surface area contributed by atoms with E-state index in [0.29, 0.717) is 19.8 Å². The van der Waals surface area contributed by atoms with Crippen LogP contribution in [0.2, 0.25) is 0 Å². The molecule has 1 unspecified atom stereocenters. The molecule has 2 N–H and O–H groups in total. The summed E-state index contributed by atoms with van der Waals surface area (Å²) in [6, 6.07) is 14.8. The minimum Gasteiger partial charge on any atom is -0.481 e. The van der Waals surface area contributed by atoms with Gasteiger partial charge in [0.15, 0.2) is 0 Å². The number of fused-ring (bicyclic) bond motifs is 4. The van der Waals surface area contributed by atoms with Gasteiger partial charge in [0, 0.05) is 18.4 Å². The maximum Gasteiger partial charge on any atom is 0.407 e. The van der Waals surface area contributed by atoms with Crippen LogP contribution in [0.1, 0.15) is 36.3 Å². The quantitative estimate of drug-likeness (QED) is 0.681. The minimum atomic E-state index is -1.19. The van der Waals surface area contributed by atoms with Crippen LogP contribution >= 0.6 is 0 Å². The van der Waals surface area contributed by atoms with E-state index in [-0.39, 0.29) is 24.5 Å². The summed E-state index contributed by atoms with van der Waals surface area (Å²) in [6.07, 6.45) is 0.522. The number of carboxylic acid groups (broad SMARTS) is 1. The fourth-order valence-corrected chi connectivity index (χ4v) is 5.53. The molecular formula is C26H28N2O6. The van der Waals surface area contributed by atoms with Gasteiger partial charge in [-0.15, -0.1) is 0 Å². The Bertz CT molecular complexity index is 1060. The largest absolute Gasteiger partial charge is 0.481 e. The molecule has 0 radical (unpaired) electrons. The highest BCUT2D eigenvalue weighted by atomic mass is 16.5. The molecule has 1 aliphatic carbocycles. The number of alkyl carbamates (subject to hydrolysis) is 1. The van der Waals surface area contributed by atoms with Crippen molar-refractivity contribution in [2.45, 2.75) is 37.3 Å². The zero-order valence-electron chi connectivity index (χ0n) is 18.8. The lowest BCUT2D eigenvalue weighted by Gasteiger charge is -2.38. The molecule has 3 aliphatic rings. The third kappa shape index (κ3) is 4.25. The van der Waals surface area contributed by atoms with Gasteiger partial charge in [0.1, 0.15) is 12.6 Å². The van der Waals surface area contributed by atoms with E-state index in [1.165, 1.54) is 0 Å². The minimum absolute atomic E-state index is 0.0677. The number of carbonyl (C=O) groups excluding carboxylic acids is 2. The molecule has 0 aromatic heterocycles. The fourth-order valence-electron chi connectivity index (χ4n) is 5.53. The summed E-state index contributed by atoms with van der Waals surface area (Å²) < 4.78 is 11.1. The number of hydrogen-bond donors (Lipinski definition) is 2. The number of benzene rings is 2. The van der Waals surface area contributed by atoms with Crippen molar-refractivity contribution >= 4 is 18.0 Å². The van der Waals surface area contributed by atoms with Crippen LogP contribution in [0.5, 0.6) is 0 Å². The summed E-state index contributed by atoms with van der Waals surface area (Å²) in [6.45, 7) is 1.68. The zero-order chi connectivity index (χ0) is 23.7. The number of nitrogens with one attached hydrogen (secondary N) is 1. The molecule has 2 heterocycles. The van der Waals surface area contributed by atoms with E-state index >= 15 is 0 Å². The summed E-state index contributed by atoms with van der Waals surface area (Å²) in [5.41, 5.74) is 4.39. The Hall–Kier alpha value is -3.39. The van der Waals surface area contributed by atoms with E-state index in [9.17, 15) is 19.5 Å². The SMILES string of the molecule is O=C(O)CC(NC(=O)OCC1c2ccccc2-c2ccccc21)C(=O)N1CCC[C@@H]2COC[C@@H]21. The lowest BCUT2D eigenvalue weighted by Crippen LogP contribution is -2.56. The van der Waals surface area contributed by atoms with Gasteiger partial charge < -0.3 is 24.8 Å². The lowest BCUT2D eigenvalue weighted by atomic mass is 9.91. The molecule has 2 aromatic rings. The molecule has 8 heteroatoms. The van der Waals surface area contributed by atoms with Crippen molar-refractivity contribution in [1.29, 1.82) is 0 Å². The number of rotatable bonds is 6. The smallest absolute Gasteiger partial charge is 0.407 e. The normalized spacial score (nSPS) is 21.8. The highest BCUT2D eigenvalue weighted by Gasteiger charge is 2.41. The average Bonchev–Trinajstić information content (AvgIpc) is 3.44. The van der Waals surface area contributed by atoms with Gasteiger partial charge in [-0.2, -0.15) is 0 Å². The second-order valence-corrected chi connectivity index (χ2v) is 9.16. The molecule has 5 rings (SSSR count). The maximum atomic E-state index is 13.2. The Balaban J connectivity index is 1.27. The van der Waals surface area contributed by atoms with Crippen molar-refractivity contribution in [3.63, 3.8) is 0 Å². The van der Waals surface area contributed by atoms with Crippen molar-refractivity contribution in [2.24, 2.45) is 5.92 Å². The van der Waals surface area contributed by atoms with E-state index in [1.807, 2.05) is 36.4 Å². The van der Waals surface area contributed by atoms with Crippen molar-refractivity contribution in [2.75, 3.05) is 26.4 Å². The Labute approximate surface area is 197 Å². The number of amides is 2. The predicted octanol–water partition coefficient (Wildman–Crippen LogP) is 3.01. The van der Waals surface area contributed by atoms with Crippen LogP contribution in [0.15, 0.2) is 48.5 Å². The first kappa shape index (κ1) is 22.4. The molecule has 2 fully saturated rings. The number of carboxylic acids is 1. The highest BCUT2D eigenvalue weighted by Crippen LogP contribution is 2.44. The maximum absolute atomic E-state index is 13.2. The number of nitrogens with zero attached hydrogens (tertiary/aromatic N) is 1. The number of ether oxygens (including phenoxy) is 2. The third-order valence-electron chi connectivity index (χ3n) is 7.13. The zero-order valence-corrected chi connectivity index (χ0v) is 18.8. The fraction of sp³-hybridized carbons (Fsp3) is 0.423. The summed E-state index contributed by atoms with van der Waals surface area (Å²) in [7, 11) is 0. The van der Waals surface area contributed by atoms with Crippen molar-refractivity contribution in [1.82, 2.24) is 10.2 Å². The second kappa shape index (κ2) is 9.46. The van der Waals surface area contributed by atoms with Gasteiger partial charge in [-0.3, -0.25) is 9.59 Å². The first-order valence-electron chi connectivity index (χ1n) is 11.7. The molecule has 2 amide bonds. The van der Waals surface area contributed by atoms with E-state index in [4.69, 9.17) is 9.47 Å². The molecule has 3 atom stereocenters. The van der Waals surface area contributed by atoms with E-state index in [1.54, 1.807) is 4.90 Å². The Morgan fingerprint density at radius 2 is 1.74 bits per heavy atom. The molecule has 0 spiro atoms. The summed E-state index contributed by atoms with van der Waals surface area (Å²) >= 11 is 0. The van der Waals surface area contributed by atoms with Crippen LogP contribution < -0.4 is 5.32 Å². The molecule has 2 aromatic carbocycles. The Kier molecular flexibility index (Phi) is 6.24. The first-order valence-corrected chi connectivity index (χ1v) is 11.7. The average molecular weight is 465 g/mol.